The molecule has 1 aliphatic rings. The van der Waals surface area contributed by atoms with Crippen molar-refractivity contribution in [3.05, 3.63) is 39.8 Å². The van der Waals surface area contributed by atoms with Crippen molar-refractivity contribution in [3.8, 4) is 0 Å². The average molecular weight is 346 g/mol. The minimum absolute atomic E-state index is 0.0773. The fourth-order valence-electron chi connectivity index (χ4n) is 2.63. The van der Waals surface area contributed by atoms with Gasteiger partial charge in [0.1, 0.15) is 35.8 Å². The van der Waals surface area contributed by atoms with E-state index < -0.39 is 48.5 Å². The molecular formula is C14H13F3N2O5. The van der Waals surface area contributed by atoms with E-state index in [4.69, 9.17) is 9.84 Å². The molecule has 2 aromatic heterocycles. The minimum atomic E-state index is -4.65. The molecule has 2 aromatic rings. The number of fused-ring (bicyclic) bond motifs is 1. The molecule has 24 heavy (non-hydrogen) atoms. The molecule has 1 aliphatic heterocycles. The highest BCUT2D eigenvalue weighted by atomic mass is 19.4. The Morgan fingerprint density at radius 2 is 1.96 bits per heavy atom. The minimum Gasteiger partial charge on any atom is -0.394 e. The second-order valence-corrected chi connectivity index (χ2v) is 5.44. The van der Waals surface area contributed by atoms with Crippen LogP contribution in [-0.4, -0.2) is 50.2 Å². The summed E-state index contributed by atoms with van der Waals surface area (Å²) in [6.07, 6.45) is -9.77. The molecule has 3 rings (SSSR count). The maximum Gasteiger partial charge on any atom is 0.433 e. The second kappa shape index (κ2) is 5.81. The lowest BCUT2D eigenvalue weighted by atomic mass is 10.0. The molecule has 0 amide bonds. The summed E-state index contributed by atoms with van der Waals surface area (Å²) in [5.74, 6) is 0. The number of aliphatic hydroxyl groups is 3. The van der Waals surface area contributed by atoms with Crippen LogP contribution in [0.3, 0.4) is 0 Å². The largest absolute Gasteiger partial charge is 0.433 e. The van der Waals surface area contributed by atoms with E-state index in [2.05, 4.69) is 9.97 Å². The predicted octanol–water partition coefficient (Wildman–Crippen LogP) is 0.0959. The number of aromatic nitrogens is 2. The van der Waals surface area contributed by atoms with Gasteiger partial charge in [0, 0.05) is 10.9 Å². The number of ether oxygens (including phenoxy) is 1. The summed E-state index contributed by atoms with van der Waals surface area (Å²) in [5, 5.41) is 29.0. The molecule has 3 heterocycles. The molecule has 0 aliphatic carbocycles. The van der Waals surface area contributed by atoms with Crippen LogP contribution in [-0.2, 0) is 10.9 Å². The zero-order valence-corrected chi connectivity index (χ0v) is 12.0. The number of H-pyrrole nitrogens is 1. The van der Waals surface area contributed by atoms with Gasteiger partial charge in [0.25, 0.3) is 5.56 Å². The number of hydrogen-bond donors (Lipinski definition) is 4. The number of rotatable bonds is 2. The van der Waals surface area contributed by atoms with Gasteiger partial charge in [0.2, 0.25) is 0 Å². The fraction of sp³-hybridized carbons (Fsp3) is 0.429. The SMILES string of the molecule is O=c1[nH]c2nc(C(F)(F)F)ccc2cc1[C@@H]1O[C@H](CO)C(O)[C@@H]1O. The number of halogens is 3. The normalized spacial score (nSPS) is 27.8. The van der Waals surface area contributed by atoms with Crippen molar-refractivity contribution < 1.29 is 33.2 Å². The van der Waals surface area contributed by atoms with Crippen molar-refractivity contribution in [3.63, 3.8) is 0 Å². The molecular weight excluding hydrogens is 333 g/mol. The van der Waals surface area contributed by atoms with Gasteiger partial charge >= 0.3 is 6.18 Å². The zero-order valence-electron chi connectivity index (χ0n) is 12.0. The molecule has 7 nitrogen and oxygen atoms in total. The van der Waals surface area contributed by atoms with Crippen LogP contribution in [0.15, 0.2) is 23.0 Å². The number of nitrogens with one attached hydrogen (secondary N) is 1. The molecule has 1 saturated heterocycles. The van der Waals surface area contributed by atoms with E-state index in [9.17, 15) is 28.2 Å². The average Bonchev–Trinajstić information content (AvgIpc) is 2.80. The summed E-state index contributed by atoms with van der Waals surface area (Å²) in [5.41, 5.74) is -2.28. The van der Waals surface area contributed by atoms with Gasteiger partial charge in [-0.1, -0.05) is 0 Å². The molecule has 4 N–H and O–H groups in total. The van der Waals surface area contributed by atoms with Crippen LogP contribution in [0.4, 0.5) is 13.2 Å². The van der Waals surface area contributed by atoms with Gasteiger partial charge < -0.3 is 25.0 Å². The summed E-state index contributed by atoms with van der Waals surface area (Å²) >= 11 is 0. The van der Waals surface area contributed by atoms with Gasteiger partial charge in [-0.15, -0.1) is 0 Å². The summed E-state index contributed by atoms with van der Waals surface area (Å²) in [4.78, 5) is 17.7. The molecule has 4 atom stereocenters. The fourth-order valence-corrected chi connectivity index (χ4v) is 2.63. The smallest absolute Gasteiger partial charge is 0.394 e. The first kappa shape index (κ1) is 16.8. The predicted molar refractivity (Wildman–Crippen MR) is 74.1 cm³/mol. The number of aliphatic hydroxyl groups excluding tert-OH is 3. The highest BCUT2D eigenvalue weighted by Crippen LogP contribution is 2.33. The van der Waals surface area contributed by atoms with Gasteiger partial charge in [0.05, 0.1) is 6.61 Å². The Morgan fingerprint density at radius 3 is 2.54 bits per heavy atom. The standard InChI is InChI=1S/C14H13F3N2O5/c15-14(16,17)8-2-1-5-3-6(13(23)19-12(5)18-8)11-10(22)9(21)7(4-20)24-11/h1-3,7,9-11,20-22H,4H2,(H,18,19,23)/t7-,9?,10+,11+/m1/s1. The van der Waals surface area contributed by atoms with Crippen molar-refractivity contribution in [1.82, 2.24) is 9.97 Å². The van der Waals surface area contributed by atoms with Gasteiger partial charge in [-0.2, -0.15) is 13.2 Å². The summed E-state index contributed by atoms with van der Waals surface area (Å²) in [7, 11) is 0. The van der Waals surface area contributed by atoms with E-state index in [0.29, 0.717) is 0 Å². The number of alkyl halides is 3. The first-order chi connectivity index (χ1) is 11.2. The van der Waals surface area contributed by atoms with Crippen molar-refractivity contribution >= 4 is 11.0 Å². The lowest BCUT2D eigenvalue weighted by molar-refractivity contribution is -0.141. The molecule has 130 valence electrons. The Hall–Kier alpha value is -2.01. The lowest BCUT2D eigenvalue weighted by Crippen LogP contribution is -2.33. The van der Waals surface area contributed by atoms with Crippen molar-refractivity contribution in [1.29, 1.82) is 0 Å². The van der Waals surface area contributed by atoms with Crippen LogP contribution in [0.2, 0.25) is 0 Å². The van der Waals surface area contributed by atoms with Crippen LogP contribution in [0.1, 0.15) is 17.4 Å². The van der Waals surface area contributed by atoms with E-state index in [-0.39, 0.29) is 16.6 Å². The van der Waals surface area contributed by atoms with Crippen LogP contribution in [0, 0.1) is 0 Å². The highest BCUT2D eigenvalue weighted by molar-refractivity contribution is 5.75. The molecule has 1 fully saturated rings. The second-order valence-electron chi connectivity index (χ2n) is 5.44. The summed E-state index contributed by atoms with van der Waals surface area (Å²) < 4.78 is 43.2. The summed E-state index contributed by atoms with van der Waals surface area (Å²) in [6.45, 7) is -0.559. The van der Waals surface area contributed by atoms with Gasteiger partial charge in [-0.05, 0) is 18.2 Å². The molecule has 1 unspecified atom stereocenters. The quantitative estimate of drug-likeness (QED) is 0.613. The number of hydrogen-bond acceptors (Lipinski definition) is 6. The van der Waals surface area contributed by atoms with Gasteiger partial charge in [0.15, 0.2) is 0 Å². The molecule has 10 heteroatoms. The number of aromatic amines is 1. The van der Waals surface area contributed by atoms with E-state index in [1.807, 2.05) is 0 Å². The Morgan fingerprint density at radius 1 is 1.25 bits per heavy atom. The first-order valence-corrected chi connectivity index (χ1v) is 6.96. The van der Waals surface area contributed by atoms with Crippen LogP contribution in [0.25, 0.3) is 11.0 Å². The maximum absolute atomic E-state index is 12.7. The van der Waals surface area contributed by atoms with Crippen LogP contribution < -0.4 is 5.56 Å². The molecule has 0 spiro atoms. The van der Waals surface area contributed by atoms with Crippen LogP contribution >= 0.6 is 0 Å². The van der Waals surface area contributed by atoms with E-state index >= 15 is 0 Å². The number of nitrogens with zero attached hydrogens (tertiary/aromatic N) is 1. The van der Waals surface area contributed by atoms with Gasteiger partial charge in [-0.25, -0.2) is 4.98 Å². The molecule has 0 saturated carbocycles. The van der Waals surface area contributed by atoms with Crippen molar-refractivity contribution in [2.24, 2.45) is 0 Å². The molecule has 0 radical (unpaired) electrons. The lowest BCUT2D eigenvalue weighted by Gasteiger charge is -2.15. The zero-order chi connectivity index (χ0) is 17.6. The third kappa shape index (κ3) is 2.77. The number of pyridine rings is 2. The third-order valence-corrected chi connectivity index (χ3v) is 3.87. The van der Waals surface area contributed by atoms with Gasteiger partial charge in [-0.3, -0.25) is 4.79 Å². The van der Waals surface area contributed by atoms with Crippen molar-refractivity contribution in [2.45, 2.75) is 30.6 Å². The Balaban J connectivity index is 2.05. The van der Waals surface area contributed by atoms with E-state index in [1.165, 1.54) is 6.07 Å². The Labute approximate surface area is 132 Å². The van der Waals surface area contributed by atoms with E-state index in [0.717, 1.165) is 12.1 Å². The van der Waals surface area contributed by atoms with E-state index in [1.54, 1.807) is 0 Å². The third-order valence-electron chi connectivity index (χ3n) is 3.87. The first-order valence-electron chi connectivity index (χ1n) is 6.96. The molecule has 0 bridgehead atoms. The monoisotopic (exact) mass is 346 g/mol. The summed E-state index contributed by atoms with van der Waals surface area (Å²) in [6, 6.07) is 3.13. The highest BCUT2D eigenvalue weighted by Gasteiger charge is 2.44. The van der Waals surface area contributed by atoms with Crippen molar-refractivity contribution in [2.75, 3.05) is 6.61 Å². The molecule has 0 aromatic carbocycles. The van der Waals surface area contributed by atoms with Crippen LogP contribution in [0.5, 0.6) is 0 Å². The maximum atomic E-state index is 12.7. The Kier molecular flexibility index (Phi) is 4.08. The topological polar surface area (TPSA) is 116 Å². The Bertz CT molecular complexity index is 822.